The van der Waals surface area contributed by atoms with E-state index >= 15 is 0 Å². The van der Waals surface area contributed by atoms with Crippen LogP contribution in [0.5, 0.6) is 5.75 Å². The zero-order chi connectivity index (χ0) is 26.9. The predicted molar refractivity (Wildman–Crippen MR) is 147 cm³/mol. The van der Waals surface area contributed by atoms with Gasteiger partial charge in [0.05, 0.1) is 24.3 Å². The van der Waals surface area contributed by atoms with Gasteiger partial charge in [-0.05, 0) is 56.4 Å². The van der Waals surface area contributed by atoms with Gasteiger partial charge in [0.15, 0.2) is 0 Å². The molecule has 2 N–H and O–H groups in total. The first-order valence-corrected chi connectivity index (χ1v) is 13.4. The normalized spacial score (nSPS) is 18.8. The number of benzene rings is 2. The van der Waals surface area contributed by atoms with Crippen LogP contribution in [-0.2, 0) is 12.0 Å². The minimum absolute atomic E-state index is 0.0939. The molecule has 1 saturated heterocycles. The van der Waals surface area contributed by atoms with Crippen LogP contribution in [0, 0.1) is 12.8 Å². The number of ether oxygens (including phenoxy) is 1. The maximum atomic E-state index is 13.8. The number of hydrogen-bond acceptors (Lipinski definition) is 8. The second kappa shape index (κ2) is 10.5. The minimum Gasteiger partial charge on any atom is -0.496 e. The van der Waals surface area contributed by atoms with Gasteiger partial charge in [0.2, 0.25) is 5.89 Å². The standard InChI is InChI=1S/C29H31N5O3S/c1-5-19-13-23(26-31-18(2)17-38-26)34(16-19)27(35)21-11-12-24(36-4)22(14-21)25-32-33-28(37-25)29(3,30)15-20-9-7-6-8-10-20/h5-12,14,17,19,23H,1,13,15-16,30H2,2-4H3. The van der Waals surface area contributed by atoms with E-state index in [9.17, 15) is 4.79 Å². The lowest BCUT2D eigenvalue weighted by molar-refractivity contribution is 0.0733. The van der Waals surface area contributed by atoms with Gasteiger partial charge in [0.25, 0.3) is 11.8 Å². The Morgan fingerprint density at radius 3 is 2.76 bits per heavy atom. The van der Waals surface area contributed by atoms with Crippen LogP contribution in [0.15, 0.2) is 71.0 Å². The van der Waals surface area contributed by atoms with E-state index in [1.54, 1.807) is 36.6 Å². The molecule has 1 fully saturated rings. The molecular weight excluding hydrogens is 498 g/mol. The van der Waals surface area contributed by atoms with Crippen molar-refractivity contribution >= 4 is 17.2 Å². The number of aromatic nitrogens is 3. The van der Waals surface area contributed by atoms with E-state index in [-0.39, 0.29) is 23.8 Å². The molecule has 1 aliphatic heterocycles. The van der Waals surface area contributed by atoms with E-state index in [1.807, 2.05) is 60.5 Å². The maximum absolute atomic E-state index is 13.8. The fourth-order valence-electron chi connectivity index (χ4n) is 4.86. The first kappa shape index (κ1) is 25.8. The van der Waals surface area contributed by atoms with Crippen molar-refractivity contribution in [2.75, 3.05) is 13.7 Å². The predicted octanol–water partition coefficient (Wildman–Crippen LogP) is 5.32. The summed E-state index contributed by atoms with van der Waals surface area (Å²) in [7, 11) is 1.57. The van der Waals surface area contributed by atoms with Crippen molar-refractivity contribution in [2.45, 2.75) is 38.3 Å². The van der Waals surface area contributed by atoms with Crippen LogP contribution < -0.4 is 10.5 Å². The van der Waals surface area contributed by atoms with Crippen molar-refractivity contribution < 1.29 is 13.9 Å². The molecule has 1 amide bonds. The van der Waals surface area contributed by atoms with E-state index in [2.05, 4.69) is 21.8 Å². The molecule has 3 unspecified atom stereocenters. The number of thiazole rings is 1. The number of nitrogens with zero attached hydrogens (tertiary/aromatic N) is 4. The lowest BCUT2D eigenvalue weighted by Crippen LogP contribution is -2.35. The van der Waals surface area contributed by atoms with Crippen LogP contribution in [-0.4, -0.2) is 39.6 Å². The molecule has 2 aromatic carbocycles. The Hall–Kier alpha value is -3.82. The molecule has 8 nitrogen and oxygen atoms in total. The Morgan fingerprint density at radius 1 is 1.29 bits per heavy atom. The third-order valence-corrected chi connectivity index (χ3v) is 7.92. The summed E-state index contributed by atoms with van der Waals surface area (Å²) in [5.74, 6) is 1.19. The Kier molecular flexibility index (Phi) is 7.14. The highest BCUT2D eigenvalue weighted by atomic mass is 32.1. The van der Waals surface area contributed by atoms with Gasteiger partial charge in [-0.15, -0.1) is 28.1 Å². The topological polar surface area (TPSA) is 107 Å². The molecule has 0 bridgehead atoms. The second-order valence-electron chi connectivity index (χ2n) is 9.94. The number of carbonyl (C=O) groups excluding carboxylic acids is 1. The fourth-order valence-corrected chi connectivity index (χ4v) is 5.78. The Bertz CT molecular complexity index is 1450. The van der Waals surface area contributed by atoms with Gasteiger partial charge in [-0.25, -0.2) is 4.98 Å². The summed E-state index contributed by atoms with van der Waals surface area (Å²) in [6.45, 7) is 8.37. The number of aryl methyl sites for hydroxylation is 1. The number of hydrogen-bond donors (Lipinski definition) is 1. The summed E-state index contributed by atoms with van der Waals surface area (Å²) in [6.07, 6.45) is 3.25. The molecule has 5 rings (SSSR count). The molecule has 0 aliphatic carbocycles. The summed E-state index contributed by atoms with van der Waals surface area (Å²) in [6, 6.07) is 15.1. The average Bonchev–Trinajstić information content (AvgIpc) is 3.68. The Labute approximate surface area is 226 Å². The van der Waals surface area contributed by atoms with Crippen LogP contribution in [0.4, 0.5) is 0 Å². The molecule has 4 aromatic rings. The number of rotatable bonds is 8. The van der Waals surface area contributed by atoms with Crippen molar-refractivity contribution in [1.29, 1.82) is 0 Å². The van der Waals surface area contributed by atoms with E-state index in [1.165, 1.54) is 0 Å². The zero-order valence-electron chi connectivity index (χ0n) is 21.8. The molecule has 0 radical (unpaired) electrons. The van der Waals surface area contributed by atoms with Crippen molar-refractivity contribution in [3.05, 3.63) is 94.3 Å². The number of likely N-dealkylation sites (tertiary alicyclic amines) is 1. The zero-order valence-corrected chi connectivity index (χ0v) is 22.6. The lowest BCUT2D eigenvalue weighted by Gasteiger charge is -2.23. The minimum atomic E-state index is -0.873. The van der Waals surface area contributed by atoms with Gasteiger partial charge in [0.1, 0.15) is 10.8 Å². The van der Waals surface area contributed by atoms with Crippen LogP contribution >= 0.6 is 11.3 Å². The molecular formula is C29H31N5O3S. The molecule has 0 spiro atoms. The van der Waals surface area contributed by atoms with E-state index in [0.717, 1.165) is 22.7 Å². The molecule has 2 aromatic heterocycles. The van der Waals surface area contributed by atoms with Gasteiger partial charge in [-0.2, -0.15) is 0 Å². The highest BCUT2D eigenvalue weighted by molar-refractivity contribution is 7.09. The van der Waals surface area contributed by atoms with Crippen LogP contribution in [0.1, 0.15) is 51.9 Å². The monoisotopic (exact) mass is 529 g/mol. The van der Waals surface area contributed by atoms with Crippen LogP contribution in [0.3, 0.4) is 0 Å². The van der Waals surface area contributed by atoms with Gasteiger partial charge < -0.3 is 19.8 Å². The third kappa shape index (κ3) is 5.12. The number of methoxy groups -OCH3 is 1. The number of carbonyl (C=O) groups is 1. The van der Waals surface area contributed by atoms with E-state index in [0.29, 0.717) is 35.7 Å². The molecule has 9 heteroatoms. The molecule has 38 heavy (non-hydrogen) atoms. The summed E-state index contributed by atoms with van der Waals surface area (Å²) in [4.78, 5) is 20.3. The van der Waals surface area contributed by atoms with E-state index < -0.39 is 5.54 Å². The molecule has 196 valence electrons. The van der Waals surface area contributed by atoms with E-state index in [4.69, 9.17) is 14.9 Å². The highest BCUT2D eigenvalue weighted by Crippen LogP contribution is 2.39. The smallest absolute Gasteiger partial charge is 0.254 e. The van der Waals surface area contributed by atoms with Crippen molar-refractivity contribution in [2.24, 2.45) is 11.7 Å². The second-order valence-corrected chi connectivity index (χ2v) is 10.8. The molecule has 1 aliphatic rings. The van der Waals surface area contributed by atoms with Crippen LogP contribution in [0.25, 0.3) is 11.5 Å². The third-order valence-electron chi connectivity index (χ3n) is 6.85. The van der Waals surface area contributed by atoms with Crippen LogP contribution in [0.2, 0.25) is 0 Å². The SMILES string of the molecule is C=CC1CC(c2nc(C)cs2)N(C(=O)c2ccc(OC)c(-c3nnc(C(C)(N)Cc4ccccc4)o3)c2)C1. The Morgan fingerprint density at radius 2 is 2.08 bits per heavy atom. The first-order chi connectivity index (χ1) is 18.3. The summed E-state index contributed by atoms with van der Waals surface area (Å²) in [5.41, 5.74) is 8.78. The van der Waals surface area contributed by atoms with Gasteiger partial charge in [0, 0.05) is 23.2 Å². The fraction of sp³-hybridized carbons (Fsp3) is 0.310. The largest absolute Gasteiger partial charge is 0.496 e. The van der Waals surface area contributed by atoms with Crippen molar-refractivity contribution in [1.82, 2.24) is 20.1 Å². The first-order valence-electron chi connectivity index (χ1n) is 12.5. The molecule has 0 saturated carbocycles. The lowest BCUT2D eigenvalue weighted by atomic mass is 9.94. The van der Waals surface area contributed by atoms with Crippen molar-refractivity contribution in [3.8, 4) is 17.2 Å². The van der Waals surface area contributed by atoms with Gasteiger partial charge in [-0.1, -0.05) is 36.4 Å². The maximum Gasteiger partial charge on any atom is 0.254 e. The number of nitrogens with two attached hydrogens (primary N) is 1. The average molecular weight is 530 g/mol. The van der Waals surface area contributed by atoms with Gasteiger partial charge in [-0.3, -0.25) is 4.79 Å². The highest BCUT2D eigenvalue weighted by Gasteiger charge is 2.37. The molecule has 3 atom stereocenters. The summed E-state index contributed by atoms with van der Waals surface area (Å²) >= 11 is 1.58. The van der Waals surface area contributed by atoms with Crippen molar-refractivity contribution in [3.63, 3.8) is 0 Å². The number of amides is 1. The quantitative estimate of drug-likeness (QED) is 0.308. The Balaban J connectivity index is 1.44. The molecule has 3 heterocycles. The summed E-state index contributed by atoms with van der Waals surface area (Å²) < 4.78 is 11.6. The van der Waals surface area contributed by atoms with Gasteiger partial charge >= 0.3 is 0 Å². The summed E-state index contributed by atoms with van der Waals surface area (Å²) in [5, 5.41) is 11.5.